The molecule has 0 spiro atoms. The predicted molar refractivity (Wildman–Crippen MR) is 126 cm³/mol. The molecule has 31 heavy (non-hydrogen) atoms. The van der Waals surface area contributed by atoms with E-state index in [-0.39, 0.29) is 12.4 Å². The second kappa shape index (κ2) is 12.7. The van der Waals surface area contributed by atoms with Gasteiger partial charge in [0.25, 0.3) is 0 Å². The Hall–Kier alpha value is -2.95. The highest BCUT2D eigenvalue weighted by molar-refractivity contribution is 5.86. The summed E-state index contributed by atoms with van der Waals surface area (Å²) in [5, 5.41) is 0.666. The maximum Gasteiger partial charge on any atom is 0.383 e. The molecule has 0 N–H and O–H groups in total. The van der Waals surface area contributed by atoms with Crippen LogP contribution in [0.3, 0.4) is 0 Å². The van der Waals surface area contributed by atoms with Crippen molar-refractivity contribution in [3.05, 3.63) is 64.1 Å². The fourth-order valence-corrected chi connectivity index (χ4v) is 3.04. The molecule has 5 nitrogen and oxygen atoms in total. The fourth-order valence-electron chi connectivity index (χ4n) is 3.04. The summed E-state index contributed by atoms with van der Waals surface area (Å²) in [5.74, 6) is 1.10. The van der Waals surface area contributed by atoms with Crippen LogP contribution in [0.1, 0.15) is 53.4 Å². The van der Waals surface area contributed by atoms with Crippen LogP contribution < -0.4 is 19.8 Å². The van der Waals surface area contributed by atoms with E-state index < -0.39 is 5.63 Å². The summed E-state index contributed by atoms with van der Waals surface area (Å²) < 4.78 is 22.5. The van der Waals surface area contributed by atoms with Crippen molar-refractivity contribution in [2.45, 2.75) is 53.4 Å². The van der Waals surface area contributed by atoms with Crippen molar-refractivity contribution < 1.29 is 18.6 Å². The molecule has 0 aliphatic rings. The number of benzene rings is 1. The summed E-state index contributed by atoms with van der Waals surface area (Å²) in [7, 11) is 1.52. The van der Waals surface area contributed by atoms with Crippen LogP contribution in [-0.4, -0.2) is 20.3 Å². The van der Waals surface area contributed by atoms with Crippen LogP contribution in [0.25, 0.3) is 11.0 Å². The normalized spacial score (nSPS) is 11.7. The molecule has 5 heteroatoms. The lowest BCUT2D eigenvalue weighted by molar-refractivity contribution is 0.308. The largest absolute Gasteiger partial charge is 0.493 e. The van der Waals surface area contributed by atoms with Gasteiger partial charge in [-0.3, -0.25) is 0 Å². The molecule has 1 heterocycles. The molecule has 0 bridgehead atoms. The number of rotatable bonds is 12. The van der Waals surface area contributed by atoms with E-state index in [2.05, 4.69) is 45.9 Å². The van der Waals surface area contributed by atoms with Crippen molar-refractivity contribution in [1.82, 2.24) is 0 Å². The van der Waals surface area contributed by atoms with E-state index in [4.69, 9.17) is 18.6 Å². The molecular weight excluding hydrogens is 392 g/mol. The molecule has 2 rings (SSSR count). The van der Waals surface area contributed by atoms with Crippen LogP contribution in [-0.2, 0) is 0 Å². The van der Waals surface area contributed by atoms with Gasteiger partial charge in [0, 0.05) is 6.07 Å². The Labute approximate surface area is 185 Å². The van der Waals surface area contributed by atoms with E-state index in [0.29, 0.717) is 29.1 Å². The van der Waals surface area contributed by atoms with Crippen LogP contribution in [0.5, 0.6) is 17.2 Å². The van der Waals surface area contributed by atoms with E-state index in [1.807, 2.05) is 18.2 Å². The van der Waals surface area contributed by atoms with E-state index >= 15 is 0 Å². The fraction of sp³-hybridized carbons (Fsp3) is 0.423. The first-order valence-electron chi connectivity index (χ1n) is 10.8. The highest BCUT2D eigenvalue weighted by atomic mass is 16.5. The summed E-state index contributed by atoms with van der Waals surface area (Å²) in [6, 6.07) is 5.37. The maximum atomic E-state index is 12.5. The lowest BCUT2D eigenvalue weighted by atomic mass is 10.1. The smallest absolute Gasteiger partial charge is 0.383 e. The van der Waals surface area contributed by atoms with E-state index in [0.717, 1.165) is 25.7 Å². The quantitative estimate of drug-likeness (QED) is 0.217. The number of methoxy groups -OCH3 is 1. The number of fused-ring (bicyclic) bond motifs is 1. The molecule has 1 aromatic heterocycles. The van der Waals surface area contributed by atoms with Gasteiger partial charge in [-0.15, -0.1) is 0 Å². The van der Waals surface area contributed by atoms with Gasteiger partial charge >= 0.3 is 5.63 Å². The van der Waals surface area contributed by atoms with Crippen LogP contribution in [0.2, 0.25) is 0 Å². The van der Waals surface area contributed by atoms with Gasteiger partial charge in [0.15, 0.2) is 5.75 Å². The SMILES string of the molecule is CCC=CCCOc1ccc2c(OC)c(OCC=C(C)CCC=C(C)C)c(=O)oc2c1. The number of hydrogen-bond acceptors (Lipinski definition) is 5. The van der Waals surface area contributed by atoms with Gasteiger partial charge in [-0.25, -0.2) is 4.79 Å². The molecule has 0 radical (unpaired) electrons. The number of allylic oxidation sites excluding steroid dienone is 4. The van der Waals surface area contributed by atoms with Crippen molar-refractivity contribution in [3.8, 4) is 17.2 Å². The molecule has 0 saturated heterocycles. The van der Waals surface area contributed by atoms with Crippen LogP contribution in [0.15, 0.2) is 62.9 Å². The van der Waals surface area contributed by atoms with E-state index in [1.54, 1.807) is 6.07 Å². The van der Waals surface area contributed by atoms with Crippen molar-refractivity contribution in [1.29, 1.82) is 0 Å². The zero-order chi connectivity index (χ0) is 22.6. The third-order valence-electron chi connectivity index (χ3n) is 4.70. The Balaban J connectivity index is 2.12. The summed E-state index contributed by atoms with van der Waals surface area (Å²) >= 11 is 0. The second-order valence-electron chi connectivity index (χ2n) is 7.61. The molecule has 0 saturated carbocycles. The highest BCUT2D eigenvalue weighted by Gasteiger charge is 2.17. The summed E-state index contributed by atoms with van der Waals surface area (Å²) in [6.07, 6.45) is 12.2. The van der Waals surface area contributed by atoms with Gasteiger partial charge < -0.3 is 18.6 Å². The minimum absolute atomic E-state index is 0.0849. The molecule has 0 unspecified atom stereocenters. The molecule has 168 valence electrons. The van der Waals surface area contributed by atoms with Crippen LogP contribution >= 0.6 is 0 Å². The summed E-state index contributed by atoms with van der Waals surface area (Å²) in [4.78, 5) is 12.5. The van der Waals surface area contributed by atoms with Gasteiger partial charge in [-0.2, -0.15) is 0 Å². The Morgan fingerprint density at radius 1 is 1.03 bits per heavy atom. The Bertz CT molecular complexity index is 991. The number of ether oxygens (including phenoxy) is 3. The minimum atomic E-state index is -0.567. The average Bonchev–Trinajstić information content (AvgIpc) is 2.73. The van der Waals surface area contributed by atoms with Crippen LogP contribution in [0.4, 0.5) is 0 Å². The third kappa shape index (κ3) is 7.67. The number of hydrogen-bond donors (Lipinski definition) is 0. The lowest BCUT2D eigenvalue weighted by Crippen LogP contribution is -2.09. The van der Waals surface area contributed by atoms with Gasteiger partial charge in [0.2, 0.25) is 5.75 Å². The maximum absolute atomic E-state index is 12.5. The third-order valence-corrected chi connectivity index (χ3v) is 4.70. The Morgan fingerprint density at radius 2 is 1.84 bits per heavy atom. The summed E-state index contributed by atoms with van der Waals surface area (Å²) in [5.41, 5.74) is 2.36. The standard InChI is InChI=1S/C26H34O5/c1-6-7-8-9-16-29-21-13-14-22-23(18-21)31-26(27)25(24(22)28-5)30-17-15-20(4)12-10-11-19(2)3/h7-8,11,13-15,18H,6,9-10,12,16-17H2,1-5H3. The van der Waals surface area contributed by atoms with Gasteiger partial charge in [0.05, 0.1) is 19.1 Å². The average molecular weight is 427 g/mol. The van der Waals surface area contributed by atoms with E-state index in [1.165, 1.54) is 18.3 Å². The van der Waals surface area contributed by atoms with Crippen molar-refractivity contribution in [3.63, 3.8) is 0 Å². The molecule has 0 atom stereocenters. The predicted octanol–water partition coefficient (Wildman–Crippen LogP) is 6.61. The first kappa shape index (κ1) is 24.3. The molecule has 1 aromatic carbocycles. The minimum Gasteiger partial charge on any atom is -0.493 e. The van der Waals surface area contributed by atoms with Gasteiger partial charge in [-0.1, -0.05) is 36.3 Å². The second-order valence-corrected chi connectivity index (χ2v) is 7.61. The first-order valence-corrected chi connectivity index (χ1v) is 10.8. The molecule has 0 aliphatic heterocycles. The van der Waals surface area contributed by atoms with Crippen molar-refractivity contribution in [2.75, 3.05) is 20.3 Å². The van der Waals surface area contributed by atoms with Gasteiger partial charge in [-0.05, 0) is 64.7 Å². The Morgan fingerprint density at radius 3 is 2.55 bits per heavy atom. The molecule has 2 aromatic rings. The zero-order valence-corrected chi connectivity index (χ0v) is 19.3. The van der Waals surface area contributed by atoms with E-state index in [9.17, 15) is 4.79 Å². The summed E-state index contributed by atoms with van der Waals surface area (Å²) in [6.45, 7) is 9.17. The zero-order valence-electron chi connectivity index (χ0n) is 19.3. The molecular formula is C26H34O5. The lowest BCUT2D eigenvalue weighted by Gasteiger charge is -2.12. The van der Waals surface area contributed by atoms with Crippen molar-refractivity contribution in [2.24, 2.45) is 0 Å². The van der Waals surface area contributed by atoms with Crippen molar-refractivity contribution >= 4 is 11.0 Å². The van der Waals surface area contributed by atoms with Crippen LogP contribution in [0, 0.1) is 0 Å². The topological polar surface area (TPSA) is 57.9 Å². The Kier molecular flexibility index (Phi) is 9.95. The van der Waals surface area contributed by atoms with Gasteiger partial charge in [0.1, 0.15) is 17.9 Å². The monoisotopic (exact) mass is 426 g/mol. The molecule has 0 amide bonds. The molecule has 0 aliphatic carbocycles. The highest BCUT2D eigenvalue weighted by Crippen LogP contribution is 2.34. The molecule has 0 fully saturated rings. The first-order chi connectivity index (χ1) is 15.0.